The lowest BCUT2D eigenvalue weighted by Gasteiger charge is -2.05. The van der Waals surface area contributed by atoms with E-state index in [1.165, 1.54) is 28.1 Å². The zero-order chi connectivity index (χ0) is 15.9. The number of nitrogens with zero attached hydrogens (tertiary/aromatic N) is 2. The van der Waals surface area contributed by atoms with Gasteiger partial charge >= 0.3 is 0 Å². The maximum Gasteiger partial charge on any atom is 0.257 e. The van der Waals surface area contributed by atoms with Crippen molar-refractivity contribution in [1.82, 2.24) is 9.55 Å². The molecular formula is C16H16BrN3OS. The highest BCUT2D eigenvalue weighted by atomic mass is 79.9. The van der Waals surface area contributed by atoms with E-state index in [1.54, 1.807) is 6.20 Å². The van der Waals surface area contributed by atoms with E-state index in [2.05, 4.69) is 51.6 Å². The van der Waals surface area contributed by atoms with Crippen molar-refractivity contribution in [3.05, 3.63) is 45.0 Å². The molecule has 0 aliphatic rings. The van der Waals surface area contributed by atoms with Crippen molar-refractivity contribution in [2.45, 2.75) is 27.3 Å². The number of nitrogens with one attached hydrogen (secondary N) is 1. The molecule has 1 aromatic carbocycles. The van der Waals surface area contributed by atoms with Crippen LogP contribution in [0.15, 0.2) is 28.2 Å². The molecule has 0 fully saturated rings. The Morgan fingerprint density at radius 3 is 2.82 bits per heavy atom. The summed E-state index contributed by atoms with van der Waals surface area (Å²) in [5.41, 5.74) is 4.30. The third-order valence-corrected chi connectivity index (χ3v) is 5.31. The van der Waals surface area contributed by atoms with Gasteiger partial charge in [-0.25, -0.2) is 4.98 Å². The first-order chi connectivity index (χ1) is 10.5. The molecule has 0 aliphatic heterocycles. The Kier molecular flexibility index (Phi) is 4.06. The van der Waals surface area contributed by atoms with Crippen LogP contribution in [0, 0.1) is 13.8 Å². The fourth-order valence-corrected chi connectivity index (χ4v) is 3.78. The fourth-order valence-electron chi connectivity index (χ4n) is 2.68. The number of carbonyl (C=O) groups excluding carboxylic acids is 1. The van der Waals surface area contributed by atoms with Crippen LogP contribution in [-0.2, 0) is 6.54 Å². The lowest BCUT2D eigenvalue weighted by atomic mass is 10.1. The van der Waals surface area contributed by atoms with Gasteiger partial charge in [-0.1, -0.05) is 11.3 Å². The predicted molar refractivity (Wildman–Crippen MR) is 94.9 cm³/mol. The molecule has 3 aromatic rings. The average molecular weight is 378 g/mol. The summed E-state index contributed by atoms with van der Waals surface area (Å²) in [6, 6.07) is 5.85. The van der Waals surface area contributed by atoms with E-state index < -0.39 is 0 Å². The maximum atomic E-state index is 12.4. The highest BCUT2D eigenvalue weighted by molar-refractivity contribution is 9.11. The first kappa shape index (κ1) is 15.2. The molecule has 22 heavy (non-hydrogen) atoms. The molecule has 0 unspecified atom stereocenters. The van der Waals surface area contributed by atoms with E-state index in [4.69, 9.17) is 0 Å². The maximum absolute atomic E-state index is 12.4. The summed E-state index contributed by atoms with van der Waals surface area (Å²) in [6.07, 6.45) is 1.68. The minimum absolute atomic E-state index is 0.134. The van der Waals surface area contributed by atoms with Crippen LogP contribution in [0.4, 0.5) is 5.13 Å². The molecule has 4 nitrogen and oxygen atoms in total. The van der Waals surface area contributed by atoms with Crippen LogP contribution < -0.4 is 5.32 Å². The van der Waals surface area contributed by atoms with Crippen LogP contribution in [0.2, 0.25) is 0 Å². The van der Waals surface area contributed by atoms with E-state index in [-0.39, 0.29) is 5.91 Å². The van der Waals surface area contributed by atoms with Crippen molar-refractivity contribution in [2.75, 3.05) is 5.32 Å². The Bertz CT molecular complexity index is 866. The molecule has 3 rings (SSSR count). The van der Waals surface area contributed by atoms with Gasteiger partial charge < -0.3 is 4.57 Å². The molecular weight excluding hydrogens is 362 g/mol. The molecule has 114 valence electrons. The van der Waals surface area contributed by atoms with Gasteiger partial charge in [0.15, 0.2) is 5.13 Å². The number of anilines is 1. The molecule has 2 heterocycles. The topological polar surface area (TPSA) is 46.9 Å². The Hall–Kier alpha value is -1.66. The van der Waals surface area contributed by atoms with Crippen LogP contribution in [0.5, 0.6) is 0 Å². The molecule has 1 amide bonds. The molecule has 0 radical (unpaired) electrons. The summed E-state index contributed by atoms with van der Waals surface area (Å²) in [6.45, 7) is 7.27. The van der Waals surface area contributed by atoms with Crippen molar-refractivity contribution >= 4 is 49.2 Å². The molecule has 0 bridgehead atoms. The molecule has 0 spiro atoms. The van der Waals surface area contributed by atoms with Gasteiger partial charge in [-0.15, -0.1) is 0 Å². The third-order valence-electron chi connectivity index (χ3n) is 3.92. The van der Waals surface area contributed by atoms with Crippen molar-refractivity contribution in [3.8, 4) is 0 Å². The van der Waals surface area contributed by atoms with Gasteiger partial charge in [-0.05, 0) is 60.5 Å². The highest BCUT2D eigenvalue weighted by Gasteiger charge is 2.14. The number of aromatic nitrogens is 2. The third kappa shape index (κ3) is 2.57. The van der Waals surface area contributed by atoms with Gasteiger partial charge in [0.1, 0.15) is 0 Å². The summed E-state index contributed by atoms with van der Waals surface area (Å²) in [5.74, 6) is -0.134. The lowest BCUT2D eigenvalue weighted by Crippen LogP contribution is -2.11. The van der Waals surface area contributed by atoms with Gasteiger partial charge in [0, 0.05) is 28.7 Å². The van der Waals surface area contributed by atoms with E-state index in [9.17, 15) is 4.79 Å². The summed E-state index contributed by atoms with van der Waals surface area (Å²) < 4.78 is 3.16. The Morgan fingerprint density at radius 1 is 1.41 bits per heavy atom. The summed E-state index contributed by atoms with van der Waals surface area (Å²) in [5, 5.41) is 4.56. The second kappa shape index (κ2) is 5.85. The van der Waals surface area contributed by atoms with Crippen LogP contribution in [0.25, 0.3) is 10.9 Å². The SMILES string of the molecule is CCn1c(C)c(C)c2cc(C(=O)Nc3ncc(Br)s3)ccc21. The zero-order valence-electron chi connectivity index (χ0n) is 12.6. The standard InChI is InChI=1S/C16H16BrN3OS/c1-4-20-10(3)9(2)12-7-11(5-6-13(12)20)15(21)19-16-18-8-14(17)22-16/h5-8H,4H2,1-3H3,(H,18,19,21). The van der Waals surface area contributed by atoms with Gasteiger partial charge in [0.05, 0.1) is 9.98 Å². The number of halogens is 1. The smallest absolute Gasteiger partial charge is 0.257 e. The molecule has 0 saturated heterocycles. The van der Waals surface area contributed by atoms with Crippen LogP contribution in [0.3, 0.4) is 0 Å². The minimum Gasteiger partial charge on any atom is -0.345 e. The lowest BCUT2D eigenvalue weighted by molar-refractivity contribution is 0.102. The summed E-state index contributed by atoms with van der Waals surface area (Å²) in [7, 11) is 0. The monoisotopic (exact) mass is 377 g/mol. The van der Waals surface area contributed by atoms with E-state index in [1.807, 2.05) is 18.2 Å². The van der Waals surface area contributed by atoms with Crippen molar-refractivity contribution in [2.24, 2.45) is 0 Å². The molecule has 2 aromatic heterocycles. The number of benzene rings is 1. The molecule has 1 N–H and O–H groups in total. The zero-order valence-corrected chi connectivity index (χ0v) is 15.0. The number of hydrogen-bond donors (Lipinski definition) is 1. The van der Waals surface area contributed by atoms with E-state index in [0.717, 1.165) is 15.7 Å². The number of amides is 1. The Morgan fingerprint density at radius 2 is 2.18 bits per heavy atom. The second-order valence-electron chi connectivity index (χ2n) is 5.11. The summed E-state index contributed by atoms with van der Waals surface area (Å²) >= 11 is 4.74. The number of carbonyl (C=O) groups is 1. The van der Waals surface area contributed by atoms with Crippen molar-refractivity contribution in [3.63, 3.8) is 0 Å². The Labute approximate surface area is 141 Å². The van der Waals surface area contributed by atoms with Crippen LogP contribution >= 0.6 is 27.3 Å². The highest BCUT2D eigenvalue weighted by Crippen LogP contribution is 2.27. The predicted octanol–water partition coefficient (Wildman–Crippen LogP) is 4.75. The first-order valence-electron chi connectivity index (χ1n) is 7.03. The Balaban J connectivity index is 1.98. The molecule has 0 aliphatic carbocycles. The van der Waals surface area contributed by atoms with Crippen molar-refractivity contribution in [1.29, 1.82) is 0 Å². The number of fused-ring (bicyclic) bond motifs is 1. The van der Waals surface area contributed by atoms with Crippen LogP contribution in [0.1, 0.15) is 28.5 Å². The van der Waals surface area contributed by atoms with Gasteiger partial charge in [-0.2, -0.15) is 0 Å². The number of thiazole rings is 1. The largest absolute Gasteiger partial charge is 0.345 e. The normalized spacial score (nSPS) is 11.1. The van der Waals surface area contributed by atoms with E-state index in [0.29, 0.717) is 10.7 Å². The molecule has 0 saturated carbocycles. The number of aryl methyl sites for hydroxylation is 2. The van der Waals surface area contributed by atoms with E-state index >= 15 is 0 Å². The van der Waals surface area contributed by atoms with Gasteiger partial charge in [0.2, 0.25) is 0 Å². The fraction of sp³-hybridized carbons (Fsp3) is 0.250. The number of rotatable bonds is 3. The number of hydrogen-bond acceptors (Lipinski definition) is 3. The molecule has 0 atom stereocenters. The average Bonchev–Trinajstić information content (AvgIpc) is 3.01. The quantitative estimate of drug-likeness (QED) is 0.715. The summed E-state index contributed by atoms with van der Waals surface area (Å²) in [4.78, 5) is 16.5. The minimum atomic E-state index is -0.134. The van der Waals surface area contributed by atoms with Crippen molar-refractivity contribution < 1.29 is 4.79 Å². The first-order valence-corrected chi connectivity index (χ1v) is 8.64. The second-order valence-corrected chi connectivity index (χ2v) is 7.52. The van der Waals surface area contributed by atoms with Gasteiger partial charge in [0.25, 0.3) is 5.91 Å². The molecule has 6 heteroatoms. The van der Waals surface area contributed by atoms with Crippen LogP contribution in [-0.4, -0.2) is 15.5 Å². The van der Waals surface area contributed by atoms with Gasteiger partial charge in [-0.3, -0.25) is 10.1 Å².